The van der Waals surface area contributed by atoms with Crippen molar-refractivity contribution in [2.75, 3.05) is 29.7 Å². The van der Waals surface area contributed by atoms with Crippen molar-refractivity contribution >= 4 is 35.1 Å². The maximum absolute atomic E-state index is 6.32. The van der Waals surface area contributed by atoms with Gasteiger partial charge in [-0.05, 0) is 56.7 Å². The van der Waals surface area contributed by atoms with Crippen molar-refractivity contribution in [1.82, 2.24) is 15.0 Å². The van der Waals surface area contributed by atoms with Gasteiger partial charge in [-0.15, -0.1) is 0 Å². The van der Waals surface area contributed by atoms with E-state index in [9.17, 15) is 0 Å². The normalized spacial score (nSPS) is 21.8. The first-order valence-corrected chi connectivity index (χ1v) is 12.5. The Morgan fingerprint density at radius 2 is 1.67 bits per heavy atom. The molecule has 1 aromatic heterocycles. The van der Waals surface area contributed by atoms with Gasteiger partial charge < -0.3 is 26.0 Å². The quantitative estimate of drug-likeness (QED) is 0.476. The van der Waals surface area contributed by atoms with Crippen LogP contribution in [-0.2, 0) is 0 Å². The molecule has 0 spiro atoms. The highest BCUT2D eigenvalue weighted by Crippen LogP contribution is 2.30. The highest BCUT2D eigenvalue weighted by Gasteiger charge is 2.25. The molecule has 2 fully saturated rings. The van der Waals surface area contributed by atoms with Crippen molar-refractivity contribution in [1.29, 1.82) is 0 Å². The lowest BCUT2D eigenvalue weighted by atomic mass is 9.91. The SMILES string of the molecule is COc1ccc(Nc2nc(NC3CCCCCC3)nc(N(C)C3CCC(N)CC3)n2)cc1Cl. The Kier molecular flexibility index (Phi) is 8.09. The predicted octanol–water partition coefficient (Wildman–Crippen LogP) is 5.12. The van der Waals surface area contributed by atoms with Gasteiger partial charge in [-0.25, -0.2) is 0 Å². The van der Waals surface area contributed by atoms with Crippen LogP contribution in [-0.4, -0.2) is 47.2 Å². The molecule has 8 nitrogen and oxygen atoms in total. The van der Waals surface area contributed by atoms with Crippen LogP contribution < -0.4 is 26.0 Å². The zero-order valence-corrected chi connectivity index (χ0v) is 20.4. The lowest BCUT2D eigenvalue weighted by molar-refractivity contribution is 0.382. The first-order valence-electron chi connectivity index (χ1n) is 12.1. The molecule has 0 amide bonds. The molecular weight excluding hydrogens is 438 g/mol. The largest absolute Gasteiger partial charge is 0.495 e. The standard InChI is InChI=1S/C24H36ClN7O/c1-32(19-12-9-16(26)10-13-19)24-30-22(27-17-7-5-3-4-6-8-17)29-23(31-24)28-18-11-14-21(33-2)20(25)15-18/h11,14-17,19H,3-10,12-13,26H2,1-2H3,(H2,27,28,29,30,31). The Morgan fingerprint density at radius 1 is 0.970 bits per heavy atom. The number of benzene rings is 1. The van der Waals surface area contributed by atoms with Crippen molar-refractivity contribution < 1.29 is 4.74 Å². The van der Waals surface area contributed by atoms with Gasteiger partial charge in [0.05, 0.1) is 12.1 Å². The van der Waals surface area contributed by atoms with Gasteiger partial charge in [0.1, 0.15) is 5.75 Å². The van der Waals surface area contributed by atoms with E-state index < -0.39 is 0 Å². The first kappa shape index (κ1) is 23.8. The molecule has 2 aromatic rings. The summed E-state index contributed by atoms with van der Waals surface area (Å²) in [5.74, 6) is 2.42. The summed E-state index contributed by atoms with van der Waals surface area (Å²) in [6, 6.07) is 6.62. The molecule has 1 aromatic carbocycles. The summed E-state index contributed by atoms with van der Waals surface area (Å²) in [5.41, 5.74) is 6.92. The Morgan fingerprint density at radius 3 is 2.33 bits per heavy atom. The zero-order valence-electron chi connectivity index (χ0n) is 19.7. The first-order chi connectivity index (χ1) is 16.0. The molecule has 1 heterocycles. The Labute approximate surface area is 201 Å². The van der Waals surface area contributed by atoms with Crippen molar-refractivity contribution in [3.63, 3.8) is 0 Å². The molecule has 2 aliphatic carbocycles. The molecule has 180 valence electrons. The average Bonchev–Trinajstić information content (AvgIpc) is 3.08. The van der Waals surface area contributed by atoms with Crippen LogP contribution in [0.15, 0.2) is 18.2 Å². The Bertz CT molecular complexity index is 912. The van der Waals surface area contributed by atoms with E-state index in [0.717, 1.165) is 44.2 Å². The van der Waals surface area contributed by atoms with E-state index >= 15 is 0 Å². The molecule has 2 aliphatic rings. The molecule has 0 atom stereocenters. The highest BCUT2D eigenvalue weighted by molar-refractivity contribution is 6.32. The van der Waals surface area contributed by atoms with Crippen LogP contribution >= 0.6 is 11.6 Å². The molecular formula is C24H36ClN7O. The third-order valence-electron chi connectivity index (χ3n) is 6.82. The van der Waals surface area contributed by atoms with E-state index in [1.165, 1.54) is 25.7 Å². The van der Waals surface area contributed by atoms with Gasteiger partial charge in [0.2, 0.25) is 17.8 Å². The number of ether oxygens (including phenoxy) is 1. The van der Waals surface area contributed by atoms with Crippen LogP contribution in [0.3, 0.4) is 0 Å². The number of hydrogen-bond donors (Lipinski definition) is 3. The van der Waals surface area contributed by atoms with Crippen molar-refractivity contribution in [2.24, 2.45) is 5.73 Å². The molecule has 0 aliphatic heterocycles. The summed E-state index contributed by atoms with van der Waals surface area (Å²) < 4.78 is 5.26. The minimum Gasteiger partial charge on any atom is -0.495 e. The average molecular weight is 474 g/mol. The molecule has 9 heteroatoms. The number of nitrogens with two attached hydrogens (primary N) is 1. The lowest BCUT2D eigenvalue weighted by Gasteiger charge is -2.33. The zero-order chi connectivity index (χ0) is 23.2. The number of rotatable bonds is 7. The second kappa shape index (κ2) is 11.2. The van der Waals surface area contributed by atoms with E-state index in [1.807, 2.05) is 18.2 Å². The van der Waals surface area contributed by atoms with E-state index in [2.05, 4.69) is 22.6 Å². The summed E-state index contributed by atoms with van der Waals surface area (Å²) in [6.07, 6.45) is 11.5. The van der Waals surface area contributed by atoms with Crippen molar-refractivity contribution in [2.45, 2.75) is 82.3 Å². The van der Waals surface area contributed by atoms with Crippen LogP contribution in [0.25, 0.3) is 0 Å². The van der Waals surface area contributed by atoms with Crippen molar-refractivity contribution in [3.8, 4) is 5.75 Å². The molecule has 2 saturated carbocycles. The highest BCUT2D eigenvalue weighted by atomic mass is 35.5. The third-order valence-corrected chi connectivity index (χ3v) is 7.12. The van der Waals surface area contributed by atoms with E-state index in [0.29, 0.717) is 46.7 Å². The molecule has 0 unspecified atom stereocenters. The van der Waals surface area contributed by atoms with E-state index in [1.54, 1.807) is 7.11 Å². The number of halogens is 1. The number of anilines is 4. The van der Waals surface area contributed by atoms with Gasteiger partial charge in [-0.2, -0.15) is 15.0 Å². The van der Waals surface area contributed by atoms with E-state index in [-0.39, 0.29) is 0 Å². The molecule has 0 radical (unpaired) electrons. The molecule has 4 N–H and O–H groups in total. The van der Waals surface area contributed by atoms with Gasteiger partial charge in [0, 0.05) is 30.9 Å². The predicted molar refractivity (Wildman–Crippen MR) is 135 cm³/mol. The van der Waals surface area contributed by atoms with Gasteiger partial charge >= 0.3 is 0 Å². The minimum absolute atomic E-state index is 0.303. The van der Waals surface area contributed by atoms with Crippen LogP contribution in [0.4, 0.5) is 23.5 Å². The van der Waals surface area contributed by atoms with Gasteiger partial charge in [0.15, 0.2) is 0 Å². The molecule has 4 rings (SSSR count). The van der Waals surface area contributed by atoms with Crippen LogP contribution in [0.5, 0.6) is 5.75 Å². The smallest absolute Gasteiger partial charge is 0.233 e. The number of nitrogens with zero attached hydrogens (tertiary/aromatic N) is 4. The maximum atomic E-state index is 6.32. The van der Waals surface area contributed by atoms with Crippen molar-refractivity contribution in [3.05, 3.63) is 23.2 Å². The fourth-order valence-electron chi connectivity index (χ4n) is 4.77. The number of aromatic nitrogens is 3. The summed E-state index contributed by atoms with van der Waals surface area (Å²) in [6.45, 7) is 0. The van der Waals surface area contributed by atoms with Crippen LogP contribution in [0.2, 0.25) is 5.02 Å². The topological polar surface area (TPSA) is 101 Å². The monoisotopic (exact) mass is 473 g/mol. The summed E-state index contributed by atoms with van der Waals surface area (Å²) in [7, 11) is 3.67. The van der Waals surface area contributed by atoms with Gasteiger partial charge in [-0.3, -0.25) is 0 Å². The number of hydrogen-bond acceptors (Lipinski definition) is 8. The summed E-state index contributed by atoms with van der Waals surface area (Å²) >= 11 is 6.32. The van der Waals surface area contributed by atoms with Gasteiger partial charge in [-0.1, -0.05) is 37.3 Å². The van der Waals surface area contributed by atoms with Crippen LogP contribution in [0.1, 0.15) is 64.2 Å². The number of methoxy groups -OCH3 is 1. The lowest BCUT2D eigenvalue weighted by Crippen LogP contribution is -2.39. The summed E-state index contributed by atoms with van der Waals surface area (Å²) in [5, 5.41) is 7.42. The van der Waals surface area contributed by atoms with Crippen LogP contribution in [0, 0.1) is 0 Å². The van der Waals surface area contributed by atoms with Gasteiger partial charge in [0.25, 0.3) is 0 Å². The minimum atomic E-state index is 0.303. The third kappa shape index (κ3) is 6.38. The second-order valence-corrected chi connectivity index (χ2v) is 9.68. The fraction of sp³-hybridized carbons (Fsp3) is 0.625. The Hall–Kier alpha value is -2.32. The number of nitrogens with one attached hydrogen (secondary N) is 2. The second-order valence-electron chi connectivity index (χ2n) is 9.27. The maximum Gasteiger partial charge on any atom is 0.233 e. The Balaban J connectivity index is 1.58. The fourth-order valence-corrected chi connectivity index (χ4v) is 5.03. The molecule has 33 heavy (non-hydrogen) atoms. The molecule has 0 saturated heterocycles. The van der Waals surface area contributed by atoms with E-state index in [4.69, 9.17) is 37.0 Å². The molecule has 0 bridgehead atoms. The summed E-state index contributed by atoms with van der Waals surface area (Å²) in [4.78, 5) is 16.4.